The third-order valence-electron chi connectivity index (χ3n) is 3.48. The summed E-state index contributed by atoms with van der Waals surface area (Å²) in [6.45, 7) is 0.421. The van der Waals surface area contributed by atoms with E-state index in [2.05, 4.69) is 0 Å². The largest absolute Gasteiger partial charge is 0.393 e. The van der Waals surface area contributed by atoms with Gasteiger partial charge >= 0.3 is 0 Å². The van der Waals surface area contributed by atoms with Gasteiger partial charge in [0.1, 0.15) is 11.4 Å². The number of nitrogens with zero attached hydrogens (tertiary/aromatic N) is 2. The molecule has 1 aliphatic carbocycles. The molecule has 6 nitrogen and oxygen atoms in total. The molecule has 0 spiro atoms. The number of aliphatic hydroxyl groups excluding tert-OH is 1. The van der Waals surface area contributed by atoms with E-state index in [0.717, 1.165) is 18.2 Å². The molecular formula is C13H15FN2O4. The van der Waals surface area contributed by atoms with Crippen molar-refractivity contribution in [3.63, 3.8) is 0 Å². The van der Waals surface area contributed by atoms with E-state index in [1.165, 1.54) is 4.90 Å². The van der Waals surface area contributed by atoms with Crippen LogP contribution in [0.3, 0.4) is 0 Å². The fourth-order valence-corrected chi connectivity index (χ4v) is 2.36. The highest BCUT2D eigenvalue weighted by atomic mass is 19.1. The van der Waals surface area contributed by atoms with Gasteiger partial charge in [0, 0.05) is 13.6 Å². The average Bonchev–Trinajstić information content (AvgIpc) is 2.35. The van der Waals surface area contributed by atoms with Crippen molar-refractivity contribution in [3.8, 4) is 0 Å². The summed E-state index contributed by atoms with van der Waals surface area (Å²) < 4.78 is 13.0. The minimum absolute atomic E-state index is 0.126. The summed E-state index contributed by atoms with van der Waals surface area (Å²) in [7, 11) is 1.54. The molecule has 0 unspecified atom stereocenters. The Bertz CT molecular complexity index is 543. The van der Waals surface area contributed by atoms with Crippen LogP contribution in [-0.4, -0.2) is 40.5 Å². The molecule has 0 heterocycles. The molecule has 0 bridgehead atoms. The first-order valence-corrected chi connectivity index (χ1v) is 6.26. The number of nitro groups is 1. The van der Waals surface area contributed by atoms with E-state index in [1.54, 1.807) is 7.05 Å². The van der Waals surface area contributed by atoms with Crippen LogP contribution >= 0.6 is 0 Å². The maximum absolute atomic E-state index is 13.0. The summed E-state index contributed by atoms with van der Waals surface area (Å²) in [6, 6.07) is 2.90. The van der Waals surface area contributed by atoms with Crippen molar-refractivity contribution in [2.75, 3.05) is 13.6 Å². The zero-order valence-electron chi connectivity index (χ0n) is 11.0. The van der Waals surface area contributed by atoms with Gasteiger partial charge < -0.3 is 10.0 Å². The zero-order chi connectivity index (χ0) is 14.9. The number of benzene rings is 1. The normalized spacial score (nSPS) is 21.1. The van der Waals surface area contributed by atoms with Gasteiger partial charge in [0.05, 0.1) is 17.1 Å². The number of carbonyl (C=O) groups excluding carboxylic acids is 1. The van der Waals surface area contributed by atoms with Crippen molar-refractivity contribution < 1.29 is 19.2 Å². The Morgan fingerprint density at radius 2 is 2.20 bits per heavy atom. The van der Waals surface area contributed by atoms with Gasteiger partial charge in [-0.05, 0) is 30.9 Å². The number of halogens is 1. The minimum Gasteiger partial charge on any atom is -0.393 e. The predicted molar refractivity (Wildman–Crippen MR) is 68.7 cm³/mol. The number of nitro benzene ring substituents is 1. The van der Waals surface area contributed by atoms with Crippen molar-refractivity contribution >= 4 is 11.6 Å². The van der Waals surface area contributed by atoms with Crippen molar-refractivity contribution in [2.45, 2.75) is 18.9 Å². The number of carbonyl (C=O) groups is 1. The average molecular weight is 282 g/mol. The third-order valence-corrected chi connectivity index (χ3v) is 3.48. The van der Waals surface area contributed by atoms with Gasteiger partial charge in [0.25, 0.3) is 11.6 Å². The van der Waals surface area contributed by atoms with E-state index in [-0.39, 0.29) is 17.6 Å². The number of amides is 1. The molecule has 1 fully saturated rings. The molecular weight excluding hydrogens is 267 g/mol. The van der Waals surface area contributed by atoms with Gasteiger partial charge in [0.15, 0.2) is 0 Å². The highest BCUT2D eigenvalue weighted by Crippen LogP contribution is 2.28. The van der Waals surface area contributed by atoms with E-state index < -0.39 is 22.3 Å². The van der Waals surface area contributed by atoms with Crippen LogP contribution in [0.4, 0.5) is 10.1 Å². The molecule has 0 aromatic heterocycles. The van der Waals surface area contributed by atoms with Crippen LogP contribution < -0.4 is 0 Å². The van der Waals surface area contributed by atoms with E-state index >= 15 is 0 Å². The van der Waals surface area contributed by atoms with E-state index in [9.17, 15) is 24.4 Å². The Morgan fingerprint density at radius 1 is 1.55 bits per heavy atom. The first-order chi connectivity index (χ1) is 9.38. The Hall–Kier alpha value is -2.02. The number of hydrogen-bond donors (Lipinski definition) is 1. The van der Waals surface area contributed by atoms with Crippen LogP contribution in [0.25, 0.3) is 0 Å². The molecule has 1 aromatic rings. The van der Waals surface area contributed by atoms with E-state index in [1.807, 2.05) is 0 Å². The smallest absolute Gasteiger partial charge is 0.285 e. The summed E-state index contributed by atoms with van der Waals surface area (Å²) in [4.78, 5) is 23.6. The van der Waals surface area contributed by atoms with Crippen LogP contribution in [0.1, 0.15) is 23.2 Å². The standard InChI is InChI=1S/C13H15FN2O4/c1-15(7-8-4-10(17)5-8)13(18)11-3-2-9(14)6-12(11)16(19)20/h2-3,6,8,10,17H,4-5,7H2,1H3. The minimum atomic E-state index is -0.767. The van der Waals surface area contributed by atoms with Crippen molar-refractivity contribution in [1.29, 1.82) is 0 Å². The van der Waals surface area contributed by atoms with Gasteiger partial charge in [-0.2, -0.15) is 0 Å². The summed E-state index contributed by atoms with van der Waals surface area (Å²) in [5, 5.41) is 20.1. The Balaban J connectivity index is 2.13. The quantitative estimate of drug-likeness (QED) is 0.671. The lowest BCUT2D eigenvalue weighted by Crippen LogP contribution is -2.39. The first kappa shape index (κ1) is 14.4. The van der Waals surface area contributed by atoms with Crippen LogP contribution in [-0.2, 0) is 0 Å². The highest BCUT2D eigenvalue weighted by Gasteiger charge is 2.31. The lowest BCUT2D eigenvalue weighted by molar-refractivity contribution is -0.385. The molecule has 108 valence electrons. The molecule has 0 saturated heterocycles. The first-order valence-electron chi connectivity index (χ1n) is 6.26. The highest BCUT2D eigenvalue weighted by molar-refractivity contribution is 5.98. The molecule has 7 heteroatoms. The second-order valence-corrected chi connectivity index (χ2v) is 5.10. The van der Waals surface area contributed by atoms with Crippen molar-refractivity contribution in [2.24, 2.45) is 5.92 Å². The summed E-state index contributed by atoms with van der Waals surface area (Å²) in [6.07, 6.45) is 0.940. The Morgan fingerprint density at radius 3 is 2.75 bits per heavy atom. The lowest BCUT2D eigenvalue weighted by atomic mass is 9.82. The summed E-state index contributed by atoms with van der Waals surface area (Å²) >= 11 is 0. The van der Waals surface area contributed by atoms with Gasteiger partial charge in [-0.1, -0.05) is 0 Å². The summed E-state index contributed by atoms with van der Waals surface area (Å²) in [5.74, 6) is -1.06. The molecule has 0 aliphatic heterocycles. The predicted octanol–water partition coefficient (Wildman–Crippen LogP) is 1.58. The van der Waals surface area contributed by atoms with Crippen LogP contribution in [0.2, 0.25) is 0 Å². The molecule has 2 rings (SSSR count). The second-order valence-electron chi connectivity index (χ2n) is 5.10. The van der Waals surface area contributed by atoms with E-state index in [4.69, 9.17) is 0 Å². The maximum Gasteiger partial charge on any atom is 0.285 e. The number of aliphatic hydroxyl groups is 1. The SMILES string of the molecule is CN(CC1CC(O)C1)C(=O)c1ccc(F)cc1[N+](=O)[O-]. The van der Waals surface area contributed by atoms with Crippen LogP contribution in [0.5, 0.6) is 0 Å². The Labute approximate surface area is 115 Å². The lowest BCUT2D eigenvalue weighted by Gasteiger charge is -2.34. The maximum atomic E-state index is 13.0. The third kappa shape index (κ3) is 2.93. The molecule has 1 saturated carbocycles. The molecule has 1 amide bonds. The van der Waals surface area contributed by atoms with Gasteiger partial charge in [-0.25, -0.2) is 4.39 Å². The fourth-order valence-electron chi connectivity index (χ4n) is 2.36. The Kier molecular flexibility index (Phi) is 3.99. The van der Waals surface area contributed by atoms with Gasteiger partial charge in [-0.15, -0.1) is 0 Å². The van der Waals surface area contributed by atoms with Crippen molar-refractivity contribution in [3.05, 3.63) is 39.7 Å². The second kappa shape index (κ2) is 5.54. The molecule has 0 atom stereocenters. The topological polar surface area (TPSA) is 83.7 Å². The monoisotopic (exact) mass is 282 g/mol. The number of rotatable bonds is 4. The van der Waals surface area contributed by atoms with Gasteiger partial charge in [0.2, 0.25) is 0 Å². The van der Waals surface area contributed by atoms with Crippen LogP contribution in [0.15, 0.2) is 18.2 Å². The molecule has 1 N–H and O–H groups in total. The molecule has 20 heavy (non-hydrogen) atoms. The van der Waals surface area contributed by atoms with Crippen LogP contribution in [0, 0.1) is 21.8 Å². The number of hydrogen-bond acceptors (Lipinski definition) is 4. The summed E-state index contributed by atoms with van der Waals surface area (Å²) in [5.41, 5.74) is -0.658. The van der Waals surface area contributed by atoms with Gasteiger partial charge in [-0.3, -0.25) is 14.9 Å². The molecule has 0 radical (unpaired) electrons. The zero-order valence-corrected chi connectivity index (χ0v) is 11.0. The van der Waals surface area contributed by atoms with E-state index in [0.29, 0.717) is 19.4 Å². The molecule has 1 aliphatic rings. The van der Waals surface area contributed by atoms with Crippen molar-refractivity contribution in [1.82, 2.24) is 4.90 Å². The molecule has 1 aromatic carbocycles. The fraction of sp³-hybridized carbons (Fsp3) is 0.462.